The topological polar surface area (TPSA) is 156 Å². The first-order valence-corrected chi connectivity index (χ1v) is 14.3. The summed E-state index contributed by atoms with van der Waals surface area (Å²) in [5.74, 6) is 0. The van der Waals surface area contributed by atoms with Crippen molar-refractivity contribution in [3.05, 3.63) is 65.2 Å². The summed E-state index contributed by atoms with van der Waals surface area (Å²) < 4.78 is 32.6. The Kier molecular flexibility index (Phi) is 8.66. The van der Waals surface area contributed by atoms with E-state index >= 15 is 0 Å². The second-order valence-electron chi connectivity index (χ2n) is 9.61. The highest BCUT2D eigenvalue weighted by Gasteiger charge is 2.41. The van der Waals surface area contributed by atoms with Crippen LogP contribution in [-0.2, 0) is 23.3 Å². The molecule has 7 atom stereocenters. The molecule has 2 aliphatic heterocycles. The zero-order valence-electron chi connectivity index (χ0n) is 22.2. The summed E-state index contributed by atoms with van der Waals surface area (Å²) >= 11 is 0. The molecular weight excluding hydrogens is 531 g/mol. The third-order valence-corrected chi connectivity index (χ3v) is 8.50. The van der Waals surface area contributed by atoms with E-state index in [1.807, 2.05) is 6.92 Å². The van der Waals surface area contributed by atoms with Gasteiger partial charge in [-0.05, 0) is 32.2 Å². The van der Waals surface area contributed by atoms with Crippen LogP contribution >= 0.6 is 7.34 Å². The van der Waals surface area contributed by atoms with Crippen molar-refractivity contribution in [2.45, 2.75) is 76.9 Å². The van der Waals surface area contributed by atoms with Crippen LogP contribution in [0.4, 0.5) is 0 Å². The number of terminal acetylenes is 1. The second-order valence-corrected chi connectivity index (χ2v) is 11.7. The molecular formula is C25H33N4O9P. The maximum absolute atomic E-state index is 12.4. The molecule has 4 heterocycles. The quantitative estimate of drug-likeness (QED) is 0.335. The lowest BCUT2D eigenvalue weighted by atomic mass is 10.1. The van der Waals surface area contributed by atoms with Gasteiger partial charge in [-0.3, -0.25) is 28.7 Å². The van der Waals surface area contributed by atoms with Crippen molar-refractivity contribution in [1.82, 2.24) is 19.1 Å². The highest BCUT2D eigenvalue weighted by molar-refractivity contribution is 7.69. The van der Waals surface area contributed by atoms with Gasteiger partial charge in [0.25, 0.3) is 11.1 Å². The Balaban J connectivity index is 1.45. The lowest BCUT2D eigenvalue weighted by molar-refractivity contribution is -0.0507. The van der Waals surface area contributed by atoms with Gasteiger partial charge < -0.3 is 23.3 Å². The molecule has 0 saturated carbocycles. The van der Waals surface area contributed by atoms with E-state index in [-0.39, 0.29) is 12.7 Å². The van der Waals surface area contributed by atoms with Gasteiger partial charge in [-0.25, -0.2) is 9.59 Å². The molecule has 0 spiro atoms. The van der Waals surface area contributed by atoms with Gasteiger partial charge in [0, 0.05) is 43.5 Å². The number of aryl methyl sites for hydroxylation is 2. The minimum absolute atomic E-state index is 0.0139. The van der Waals surface area contributed by atoms with E-state index < -0.39 is 60.6 Å². The average Bonchev–Trinajstić information content (AvgIpc) is 3.50. The van der Waals surface area contributed by atoms with E-state index in [0.717, 1.165) is 0 Å². The summed E-state index contributed by atoms with van der Waals surface area (Å²) in [5, 5.41) is 0. The first-order valence-electron chi connectivity index (χ1n) is 12.5. The number of nitrogens with zero attached hydrogens (tertiary/aromatic N) is 2. The molecule has 0 aromatic carbocycles. The summed E-state index contributed by atoms with van der Waals surface area (Å²) in [7, 11) is -1.58. The van der Waals surface area contributed by atoms with E-state index in [1.54, 1.807) is 13.8 Å². The van der Waals surface area contributed by atoms with Crippen LogP contribution in [0.3, 0.4) is 0 Å². The van der Waals surface area contributed by atoms with E-state index in [2.05, 4.69) is 21.9 Å². The van der Waals surface area contributed by atoms with Gasteiger partial charge in [-0.2, -0.15) is 0 Å². The van der Waals surface area contributed by atoms with Gasteiger partial charge in [0.1, 0.15) is 18.6 Å². The van der Waals surface area contributed by atoms with Crippen LogP contribution in [0.25, 0.3) is 0 Å². The van der Waals surface area contributed by atoms with Gasteiger partial charge in [0.2, 0.25) is 0 Å². The summed E-state index contributed by atoms with van der Waals surface area (Å²) in [5.41, 5.74) is 1.22. The molecule has 2 saturated heterocycles. The van der Waals surface area contributed by atoms with Crippen LogP contribution in [0.5, 0.6) is 0 Å². The highest BCUT2D eigenvalue weighted by Crippen LogP contribution is 2.51. The van der Waals surface area contributed by atoms with Gasteiger partial charge in [0.05, 0.1) is 24.9 Å². The van der Waals surface area contributed by atoms with Crippen LogP contribution in [-0.4, -0.2) is 63.5 Å². The third kappa shape index (κ3) is 6.11. The smallest absolute Gasteiger partial charge is 0.330 e. The Morgan fingerprint density at radius 1 is 1.00 bits per heavy atom. The number of aromatic amines is 2. The molecule has 2 aromatic rings. The molecule has 0 bridgehead atoms. The molecule has 212 valence electrons. The van der Waals surface area contributed by atoms with Crippen molar-refractivity contribution in [3.8, 4) is 12.1 Å². The maximum Gasteiger partial charge on any atom is 0.330 e. The monoisotopic (exact) mass is 564 g/mol. The fourth-order valence-corrected chi connectivity index (χ4v) is 5.97. The first kappa shape index (κ1) is 29.0. The zero-order chi connectivity index (χ0) is 28.5. The van der Waals surface area contributed by atoms with Crippen molar-refractivity contribution in [2.75, 3.05) is 13.7 Å². The van der Waals surface area contributed by atoms with Crippen LogP contribution in [0.2, 0.25) is 0 Å². The SMILES string of the molecule is C#CP(=C)(OC[C@H]1O[C@@H](n2cc(C)c(=O)[nH]c2=O)CC1OC)OC1C[C@H](n2cc(C)c(=O)[nH]c2=O)O[C@@H]1CC. The van der Waals surface area contributed by atoms with Gasteiger partial charge in [0.15, 0.2) is 7.34 Å². The van der Waals surface area contributed by atoms with E-state index in [9.17, 15) is 19.2 Å². The molecule has 2 aliphatic rings. The Labute approximate surface area is 224 Å². The Morgan fingerprint density at radius 2 is 1.51 bits per heavy atom. The van der Waals surface area contributed by atoms with Crippen molar-refractivity contribution in [2.24, 2.45) is 0 Å². The molecule has 39 heavy (non-hydrogen) atoms. The van der Waals surface area contributed by atoms with Crippen molar-refractivity contribution in [3.63, 3.8) is 0 Å². The number of ether oxygens (including phenoxy) is 3. The van der Waals surface area contributed by atoms with Gasteiger partial charge >= 0.3 is 11.4 Å². The molecule has 2 fully saturated rings. The lowest BCUT2D eigenvalue weighted by Crippen LogP contribution is -2.33. The minimum Gasteiger partial charge on any atom is -0.378 e. The molecule has 0 amide bonds. The molecule has 3 unspecified atom stereocenters. The van der Waals surface area contributed by atoms with Gasteiger partial charge in [-0.15, -0.1) is 6.42 Å². The number of nitrogens with one attached hydrogen (secondary N) is 2. The zero-order valence-corrected chi connectivity index (χ0v) is 23.1. The highest BCUT2D eigenvalue weighted by atomic mass is 31.2. The first-order chi connectivity index (χ1) is 18.5. The molecule has 2 aromatic heterocycles. The fraction of sp³-hybridized carbons (Fsp3) is 0.560. The Morgan fingerprint density at radius 3 is 2.00 bits per heavy atom. The predicted molar refractivity (Wildman–Crippen MR) is 144 cm³/mol. The maximum atomic E-state index is 12.4. The number of methoxy groups -OCH3 is 1. The Hall–Kier alpha value is -2.98. The predicted octanol–water partition coefficient (Wildman–Crippen LogP) is 0.976. The number of rotatable bonds is 9. The number of hydrogen-bond acceptors (Lipinski definition) is 9. The lowest BCUT2D eigenvalue weighted by Gasteiger charge is -2.27. The fourth-order valence-electron chi connectivity index (χ4n) is 4.72. The summed E-state index contributed by atoms with van der Waals surface area (Å²) in [6.45, 7) is 5.10. The van der Waals surface area contributed by atoms with E-state index in [1.165, 1.54) is 28.6 Å². The number of hydrogen-bond donors (Lipinski definition) is 2. The van der Waals surface area contributed by atoms with Crippen LogP contribution in [0.1, 0.15) is 49.8 Å². The van der Waals surface area contributed by atoms with Gasteiger partial charge in [-0.1, -0.05) is 6.92 Å². The minimum atomic E-state index is -3.10. The third-order valence-electron chi connectivity index (χ3n) is 6.93. The summed E-state index contributed by atoms with van der Waals surface area (Å²) in [6.07, 6.45) is 10.7. The molecule has 14 heteroatoms. The molecule has 0 radical (unpaired) electrons. The Bertz CT molecular complexity index is 1530. The molecule has 4 rings (SSSR count). The summed E-state index contributed by atoms with van der Waals surface area (Å²) in [6, 6.07) is 0. The van der Waals surface area contributed by atoms with Crippen LogP contribution in [0.15, 0.2) is 31.6 Å². The van der Waals surface area contributed by atoms with E-state index in [4.69, 9.17) is 29.7 Å². The van der Waals surface area contributed by atoms with Crippen LogP contribution < -0.4 is 22.5 Å². The average molecular weight is 565 g/mol. The van der Waals surface area contributed by atoms with E-state index in [0.29, 0.717) is 30.4 Å². The standard InChI is InChI=1S/C25H33N4O9P/c1-7-16-18(10-21(36-16)29-12-15(4)23(31)27-25(29)33)38-39(6,8-2)35-13-19-17(34-5)9-20(37-19)28-11-14(3)22(30)26-24(28)32/h2,11-12,16-21H,6-7,9-10,13H2,1,3-5H3,(H,26,30,32)(H,27,31,33)/t16-,17?,18?,19-,20-,21-,39?/m1/s1. The molecule has 0 aliphatic carbocycles. The van der Waals surface area contributed by atoms with Crippen molar-refractivity contribution >= 4 is 13.6 Å². The molecule has 2 N–H and O–H groups in total. The number of aromatic nitrogens is 4. The molecule has 13 nitrogen and oxygen atoms in total. The van der Waals surface area contributed by atoms with Crippen LogP contribution in [0, 0.1) is 25.9 Å². The van der Waals surface area contributed by atoms with Crippen molar-refractivity contribution in [1.29, 1.82) is 0 Å². The normalized spacial score (nSPS) is 28.3. The summed E-state index contributed by atoms with van der Waals surface area (Å²) in [4.78, 5) is 52.8. The largest absolute Gasteiger partial charge is 0.378 e. The van der Waals surface area contributed by atoms with Crippen molar-refractivity contribution < 1.29 is 23.3 Å². The second kappa shape index (κ2) is 11.6. The number of H-pyrrole nitrogens is 2.